The number of nitrogens with zero attached hydrogens (tertiary/aromatic N) is 1. The van der Waals surface area contributed by atoms with Crippen LogP contribution in [0.2, 0.25) is 0 Å². The van der Waals surface area contributed by atoms with Crippen molar-refractivity contribution in [1.29, 1.82) is 0 Å². The van der Waals surface area contributed by atoms with Crippen LogP contribution in [0.1, 0.15) is 0 Å². The molecule has 1 saturated heterocycles. The highest BCUT2D eigenvalue weighted by atomic mass is 35.5. The van der Waals surface area contributed by atoms with Crippen molar-refractivity contribution in [2.75, 3.05) is 17.5 Å². The average Bonchev–Trinajstić information content (AvgIpc) is 2.50. The predicted octanol–water partition coefficient (Wildman–Crippen LogP) is 0.211. The first-order valence-electron chi connectivity index (χ1n) is 3.32. The van der Waals surface area contributed by atoms with Gasteiger partial charge in [-0.05, 0) is 0 Å². The molecule has 1 atom stereocenters. The van der Waals surface area contributed by atoms with E-state index < -0.39 is 12.0 Å². The van der Waals surface area contributed by atoms with Gasteiger partial charge in [0.15, 0.2) is 0 Å². The maximum absolute atomic E-state index is 11.0. The third-order valence-corrected chi connectivity index (χ3v) is 2.84. The second-order valence-electron chi connectivity index (χ2n) is 2.35. The fourth-order valence-corrected chi connectivity index (χ4v) is 2.30. The lowest BCUT2D eigenvalue weighted by molar-refractivity contribution is -0.146. The summed E-state index contributed by atoms with van der Waals surface area (Å²) in [6.45, 7) is 0. The number of carbonyl (C=O) groups is 2. The molecule has 0 aromatic heterocycles. The highest BCUT2D eigenvalue weighted by molar-refractivity contribution is 7.99. The summed E-state index contributed by atoms with van der Waals surface area (Å²) in [5.74, 6) is -0.530. The van der Waals surface area contributed by atoms with Crippen LogP contribution >= 0.6 is 23.4 Å². The van der Waals surface area contributed by atoms with E-state index in [-0.39, 0.29) is 11.8 Å². The lowest BCUT2D eigenvalue weighted by Crippen LogP contribution is -2.42. The van der Waals surface area contributed by atoms with Crippen molar-refractivity contribution in [1.82, 2.24) is 4.90 Å². The van der Waals surface area contributed by atoms with Crippen LogP contribution in [-0.4, -0.2) is 45.4 Å². The maximum Gasteiger partial charge on any atom is 0.327 e. The van der Waals surface area contributed by atoms with Crippen molar-refractivity contribution in [2.45, 2.75) is 6.04 Å². The van der Waals surface area contributed by atoms with E-state index in [4.69, 9.17) is 16.7 Å². The summed E-state index contributed by atoms with van der Waals surface area (Å²) in [7, 11) is 0. The molecule has 0 aliphatic carbocycles. The van der Waals surface area contributed by atoms with Gasteiger partial charge < -0.3 is 10.0 Å². The van der Waals surface area contributed by atoms with E-state index in [0.717, 1.165) is 0 Å². The van der Waals surface area contributed by atoms with Gasteiger partial charge in [-0.1, -0.05) is 0 Å². The van der Waals surface area contributed by atoms with E-state index in [1.165, 1.54) is 16.7 Å². The molecule has 1 N–H and O–H groups in total. The number of thioether (sulfide) groups is 1. The summed E-state index contributed by atoms with van der Waals surface area (Å²) in [6, 6.07) is -0.693. The molecular weight excluding hydrogens is 202 g/mol. The molecule has 6 heteroatoms. The fraction of sp³-hybridized carbons (Fsp3) is 0.667. The zero-order valence-electron chi connectivity index (χ0n) is 6.20. The van der Waals surface area contributed by atoms with Crippen LogP contribution in [0.5, 0.6) is 0 Å². The van der Waals surface area contributed by atoms with Crippen molar-refractivity contribution < 1.29 is 14.7 Å². The van der Waals surface area contributed by atoms with E-state index in [2.05, 4.69) is 0 Å². The molecule has 0 saturated carbocycles. The molecule has 0 aromatic rings. The van der Waals surface area contributed by atoms with Gasteiger partial charge in [-0.25, -0.2) is 4.79 Å². The normalized spacial score (nSPS) is 22.8. The molecule has 0 bridgehead atoms. The Labute approximate surface area is 78.9 Å². The van der Waals surface area contributed by atoms with Gasteiger partial charge in [0.1, 0.15) is 11.9 Å². The molecule has 1 rings (SSSR count). The Morgan fingerprint density at radius 2 is 2.33 bits per heavy atom. The van der Waals surface area contributed by atoms with E-state index in [1.54, 1.807) is 0 Å². The standard InChI is InChI=1S/C6H8ClNO3S/c7-1-5(9)8-3-12-2-4(8)6(10)11/h4H,1-3H2,(H,10,11)/t4-/m1/s1. The van der Waals surface area contributed by atoms with Crippen LogP contribution < -0.4 is 0 Å². The summed E-state index contributed by atoms with van der Waals surface area (Å²) >= 11 is 6.74. The molecule has 1 heterocycles. The third kappa shape index (κ3) is 1.84. The number of carboxylic acid groups (broad SMARTS) is 1. The Balaban J connectivity index is 2.63. The summed E-state index contributed by atoms with van der Waals surface area (Å²) in [5, 5.41) is 8.68. The minimum absolute atomic E-state index is 0.148. The van der Waals surface area contributed by atoms with Gasteiger partial charge in [-0.15, -0.1) is 23.4 Å². The lowest BCUT2D eigenvalue weighted by Gasteiger charge is -2.18. The Kier molecular flexibility index (Phi) is 3.22. The zero-order valence-corrected chi connectivity index (χ0v) is 7.77. The van der Waals surface area contributed by atoms with Gasteiger partial charge in [-0.2, -0.15) is 0 Å². The van der Waals surface area contributed by atoms with Gasteiger partial charge in [0.05, 0.1) is 5.88 Å². The molecule has 68 valence electrons. The number of halogens is 1. The second kappa shape index (κ2) is 4.00. The Morgan fingerprint density at radius 1 is 1.67 bits per heavy atom. The zero-order chi connectivity index (χ0) is 9.14. The molecule has 0 unspecified atom stereocenters. The van der Waals surface area contributed by atoms with Crippen LogP contribution in [0, 0.1) is 0 Å². The quantitative estimate of drug-likeness (QED) is 0.661. The topological polar surface area (TPSA) is 57.6 Å². The average molecular weight is 210 g/mol. The summed E-state index contributed by atoms with van der Waals surface area (Å²) in [6.07, 6.45) is 0. The number of rotatable bonds is 2. The molecule has 1 amide bonds. The lowest BCUT2D eigenvalue weighted by atomic mass is 10.3. The number of amides is 1. The molecule has 0 spiro atoms. The third-order valence-electron chi connectivity index (χ3n) is 1.60. The highest BCUT2D eigenvalue weighted by Crippen LogP contribution is 2.21. The molecule has 1 fully saturated rings. The van der Waals surface area contributed by atoms with Gasteiger partial charge in [0, 0.05) is 5.75 Å². The molecule has 0 aromatic carbocycles. The molecule has 12 heavy (non-hydrogen) atoms. The number of aliphatic carboxylic acids is 1. The first-order valence-corrected chi connectivity index (χ1v) is 5.01. The molecule has 1 aliphatic rings. The Bertz CT molecular complexity index is 211. The van der Waals surface area contributed by atoms with Gasteiger partial charge in [0.2, 0.25) is 5.91 Å². The maximum atomic E-state index is 11.0. The molecular formula is C6H8ClNO3S. The second-order valence-corrected chi connectivity index (χ2v) is 3.62. The number of carbonyl (C=O) groups excluding carboxylic acids is 1. The van der Waals surface area contributed by atoms with Crippen molar-refractivity contribution in [3.8, 4) is 0 Å². The van der Waals surface area contributed by atoms with E-state index >= 15 is 0 Å². The van der Waals surface area contributed by atoms with Gasteiger partial charge >= 0.3 is 5.97 Å². The van der Waals surface area contributed by atoms with Crippen LogP contribution in [-0.2, 0) is 9.59 Å². The molecule has 1 aliphatic heterocycles. The van der Waals surface area contributed by atoms with Crippen LogP contribution in [0.4, 0.5) is 0 Å². The minimum Gasteiger partial charge on any atom is -0.480 e. The Morgan fingerprint density at radius 3 is 2.83 bits per heavy atom. The van der Waals surface area contributed by atoms with Crippen molar-refractivity contribution >= 4 is 35.2 Å². The summed E-state index contributed by atoms with van der Waals surface area (Å²) in [4.78, 5) is 22.9. The van der Waals surface area contributed by atoms with Gasteiger partial charge in [-0.3, -0.25) is 4.79 Å². The summed E-state index contributed by atoms with van der Waals surface area (Å²) in [5.41, 5.74) is 0. The van der Waals surface area contributed by atoms with E-state index in [0.29, 0.717) is 11.6 Å². The van der Waals surface area contributed by atoms with Crippen molar-refractivity contribution in [3.63, 3.8) is 0 Å². The first-order chi connectivity index (χ1) is 5.66. The van der Waals surface area contributed by atoms with Crippen LogP contribution in [0.25, 0.3) is 0 Å². The smallest absolute Gasteiger partial charge is 0.327 e. The molecule has 0 radical (unpaired) electrons. The van der Waals surface area contributed by atoms with Crippen molar-refractivity contribution in [3.05, 3.63) is 0 Å². The minimum atomic E-state index is -0.960. The number of carboxylic acids is 1. The fourth-order valence-electron chi connectivity index (χ4n) is 0.970. The van der Waals surface area contributed by atoms with E-state index in [1.807, 2.05) is 0 Å². The number of hydrogen-bond donors (Lipinski definition) is 1. The Hall–Kier alpha value is -0.420. The highest BCUT2D eigenvalue weighted by Gasteiger charge is 2.33. The largest absolute Gasteiger partial charge is 0.480 e. The van der Waals surface area contributed by atoms with E-state index in [9.17, 15) is 9.59 Å². The van der Waals surface area contributed by atoms with Crippen molar-refractivity contribution in [2.24, 2.45) is 0 Å². The number of hydrogen-bond acceptors (Lipinski definition) is 3. The SMILES string of the molecule is O=C(O)[C@H]1CSCN1C(=O)CCl. The number of alkyl halides is 1. The molecule has 4 nitrogen and oxygen atoms in total. The van der Waals surface area contributed by atoms with Crippen LogP contribution in [0.15, 0.2) is 0 Å². The predicted molar refractivity (Wildman–Crippen MR) is 46.3 cm³/mol. The first kappa shape index (κ1) is 9.67. The monoisotopic (exact) mass is 209 g/mol. The van der Waals surface area contributed by atoms with Gasteiger partial charge in [0.25, 0.3) is 0 Å². The van der Waals surface area contributed by atoms with Crippen LogP contribution in [0.3, 0.4) is 0 Å². The summed E-state index contributed by atoms with van der Waals surface area (Å²) < 4.78 is 0.